The van der Waals surface area contributed by atoms with Gasteiger partial charge >= 0.3 is 5.97 Å². The van der Waals surface area contributed by atoms with Gasteiger partial charge in [0.25, 0.3) is 0 Å². The van der Waals surface area contributed by atoms with Crippen molar-refractivity contribution in [2.24, 2.45) is 0 Å². The summed E-state index contributed by atoms with van der Waals surface area (Å²) in [5.41, 5.74) is 0. The molecule has 0 amide bonds. The number of halogens is 2. The van der Waals surface area contributed by atoms with E-state index in [0.29, 0.717) is 5.75 Å². The van der Waals surface area contributed by atoms with Crippen molar-refractivity contribution in [1.29, 1.82) is 0 Å². The number of rotatable bonds is 4. The fourth-order valence-corrected chi connectivity index (χ4v) is 1.26. The average Bonchev–Trinajstić information content (AvgIpc) is 2.15. The van der Waals surface area contributed by atoms with Crippen molar-refractivity contribution < 1.29 is 19.0 Å². The number of benzene rings is 1. The predicted molar refractivity (Wildman–Crippen MR) is 56.8 cm³/mol. The molecule has 0 aliphatic rings. The quantitative estimate of drug-likeness (QED) is 0.920. The van der Waals surface area contributed by atoms with Crippen LogP contribution in [0.25, 0.3) is 0 Å². The van der Waals surface area contributed by atoms with Gasteiger partial charge in [0.1, 0.15) is 11.9 Å². The largest absolute Gasteiger partial charge is 0.478 e. The van der Waals surface area contributed by atoms with Crippen molar-refractivity contribution >= 4 is 21.9 Å². The minimum Gasteiger partial charge on any atom is -0.478 e. The lowest BCUT2D eigenvalue weighted by atomic mass is 10.2. The first-order chi connectivity index (χ1) is 7.00. The monoisotopic (exact) mass is 276 g/mol. The summed E-state index contributed by atoms with van der Waals surface area (Å²) >= 11 is 3.22. The van der Waals surface area contributed by atoms with Crippen molar-refractivity contribution in [3.05, 3.63) is 28.7 Å². The Hall–Kier alpha value is -1.10. The number of carbonyl (C=O) groups is 1. The van der Waals surface area contributed by atoms with E-state index >= 15 is 0 Å². The number of carboxylic acid groups (broad SMARTS) is 1. The molecule has 2 atom stereocenters. The third kappa shape index (κ3) is 3.51. The van der Waals surface area contributed by atoms with Crippen LogP contribution in [0.1, 0.15) is 6.92 Å². The highest BCUT2D eigenvalue weighted by atomic mass is 79.9. The number of aliphatic carboxylic acids is 1. The summed E-state index contributed by atoms with van der Waals surface area (Å²) in [6, 6.07) is 6.53. The number of hydrogen-bond donors (Lipinski definition) is 1. The van der Waals surface area contributed by atoms with Crippen molar-refractivity contribution in [2.75, 3.05) is 0 Å². The van der Waals surface area contributed by atoms with Gasteiger partial charge in [-0.05, 0) is 31.2 Å². The summed E-state index contributed by atoms with van der Waals surface area (Å²) in [4.78, 5) is 10.6. The first-order valence-electron chi connectivity index (χ1n) is 4.30. The van der Waals surface area contributed by atoms with Crippen LogP contribution in [0.2, 0.25) is 0 Å². The van der Waals surface area contributed by atoms with E-state index in [9.17, 15) is 9.18 Å². The second-order valence-corrected chi connectivity index (χ2v) is 3.92. The molecule has 0 heterocycles. The molecule has 0 bridgehead atoms. The standard InChI is InChI=1S/C10H10BrFO3/c1-6(12)9(10(13)14)15-8-4-2-7(11)3-5-8/h2-6,9H,1H3,(H,13,14)/t6-,9+/m1/s1. The zero-order valence-corrected chi connectivity index (χ0v) is 9.57. The molecule has 0 aromatic heterocycles. The second kappa shape index (κ2) is 5.11. The van der Waals surface area contributed by atoms with Gasteiger partial charge in [0, 0.05) is 4.47 Å². The Morgan fingerprint density at radius 3 is 2.40 bits per heavy atom. The molecule has 0 radical (unpaired) electrons. The maximum atomic E-state index is 12.9. The van der Waals surface area contributed by atoms with Crippen LogP contribution >= 0.6 is 15.9 Å². The van der Waals surface area contributed by atoms with E-state index in [1.165, 1.54) is 0 Å². The summed E-state index contributed by atoms with van der Waals surface area (Å²) in [5, 5.41) is 8.69. The van der Waals surface area contributed by atoms with Gasteiger partial charge in [0.15, 0.2) is 0 Å². The van der Waals surface area contributed by atoms with Crippen LogP contribution in [-0.4, -0.2) is 23.4 Å². The van der Waals surface area contributed by atoms with Crippen molar-refractivity contribution in [1.82, 2.24) is 0 Å². The Bertz CT molecular complexity index is 337. The van der Waals surface area contributed by atoms with Crippen LogP contribution in [0.15, 0.2) is 28.7 Å². The summed E-state index contributed by atoms with van der Waals surface area (Å²) in [5.74, 6) is -0.983. The van der Waals surface area contributed by atoms with Gasteiger partial charge < -0.3 is 9.84 Å². The van der Waals surface area contributed by atoms with Gasteiger partial charge in [0.2, 0.25) is 6.10 Å². The molecule has 0 aliphatic heterocycles. The van der Waals surface area contributed by atoms with E-state index in [0.717, 1.165) is 11.4 Å². The molecule has 0 unspecified atom stereocenters. The molecule has 1 N–H and O–H groups in total. The van der Waals surface area contributed by atoms with E-state index < -0.39 is 18.2 Å². The Morgan fingerprint density at radius 1 is 1.47 bits per heavy atom. The maximum Gasteiger partial charge on any atom is 0.348 e. The van der Waals surface area contributed by atoms with Crippen molar-refractivity contribution in [3.63, 3.8) is 0 Å². The Balaban J connectivity index is 2.74. The third-order valence-electron chi connectivity index (χ3n) is 1.74. The second-order valence-electron chi connectivity index (χ2n) is 3.01. The van der Waals surface area contributed by atoms with Crippen LogP contribution in [-0.2, 0) is 4.79 Å². The van der Waals surface area contributed by atoms with Crippen LogP contribution in [0.3, 0.4) is 0 Å². The molecule has 0 fully saturated rings. The molecule has 0 spiro atoms. The van der Waals surface area contributed by atoms with Crippen molar-refractivity contribution in [2.45, 2.75) is 19.2 Å². The number of hydrogen-bond acceptors (Lipinski definition) is 2. The Morgan fingerprint density at radius 2 is 2.00 bits per heavy atom. The van der Waals surface area contributed by atoms with E-state index in [2.05, 4.69) is 15.9 Å². The lowest BCUT2D eigenvalue weighted by Gasteiger charge is -2.15. The molecule has 15 heavy (non-hydrogen) atoms. The molecule has 0 saturated carbocycles. The van der Waals surface area contributed by atoms with Crippen LogP contribution in [0, 0.1) is 0 Å². The topological polar surface area (TPSA) is 46.5 Å². The summed E-state index contributed by atoms with van der Waals surface area (Å²) in [6.07, 6.45) is -3.03. The lowest BCUT2D eigenvalue weighted by Crippen LogP contribution is -2.34. The molecule has 1 rings (SSSR count). The van der Waals surface area contributed by atoms with Gasteiger partial charge in [-0.1, -0.05) is 15.9 Å². The summed E-state index contributed by atoms with van der Waals surface area (Å²) in [6.45, 7) is 1.15. The highest BCUT2D eigenvalue weighted by Crippen LogP contribution is 2.18. The number of ether oxygens (including phenoxy) is 1. The van der Waals surface area contributed by atoms with E-state index in [4.69, 9.17) is 9.84 Å². The minimum atomic E-state index is -1.56. The SMILES string of the molecule is C[C@@H](F)[C@H](Oc1ccc(Br)cc1)C(=O)O. The van der Waals surface area contributed by atoms with E-state index in [1.807, 2.05) is 0 Å². The van der Waals surface area contributed by atoms with Gasteiger partial charge in [-0.2, -0.15) is 0 Å². The first kappa shape index (κ1) is 12.0. The van der Waals surface area contributed by atoms with Crippen LogP contribution in [0.5, 0.6) is 5.75 Å². The minimum absolute atomic E-state index is 0.329. The highest BCUT2D eigenvalue weighted by molar-refractivity contribution is 9.10. The predicted octanol–water partition coefficient (Wildman–Crippen LogP) is 2.64. The molecule has 0 saturated heterocycles. The zero-order valence-electron chi connectivity index (χ0n) is 7.98. The smallest absolute Gasteiger partial charge is 0.348 e. The Labute approximate surface area is 95.0 Å². The number of carboxylic acids is 1. The molecule has 1 aromatic rings. The van der Waals surface area contributed by atoms with Gasteiger partial charge in [-0.15, -0.1) is 0 Å². The normalized spacial score (nSPS) is 14.3. The zero-order chi connectivity index (χ0) is 11.4. The first-order valence-corrected chi connectivity index (χ1v) is 5.09. The molecule has 0 aliphatic carbocycles. The summed E-state index contributed by atoms with van der Waals surface area (Å²) in [7, 11) is 0. The average molecular weight is 277 g/mol. The van der Waals surface area contributed by atoms with Gasteiger partial charge in [-0.3, -0.25) is 0 Å². The fourth-order valence-electron chi connectivity index (χ4n) is 1.00. The fraction of sp³-hybridized carbons (Fsp3) is 0.300. The van der Waals surface area contributed by atoms with Gasteiger partial charge in [-0.25, -0.2) is 9.18 Å². The lowest BCUT2D eigenvalue weighted by molar-refractivity contribution is -0.147. The molecule has 3 nitrogen and oxygen atoms in total. The molecular weight excluding hydrogens is 267 g/mol. The van der Waals surface area contributed by atoms with E-state index in [1.54, 1.807) is 24.3 Å². The van der Waals surface area contributed by atoms with Gasteiger partial charge in [0.05, 0.1) is 0 Å². The third-order valence-corrected chi connectivity index (χ3v) is 2.27. The van der Waals surface area contributed by atoms with Crippen LogP contribution in [0.4, 0.5) is 4.39 Å². The molecule has 82 valence electrons. The van der Waals surface area contributed by atoms with Crippen LogP contribution < -0.4 is 4.74 Å². The summed E-state index contributed by atoms with van der Waals surface area (Å²) < 4.78 is 18.7. The highest BCUT2D eigenvalue weighted by Gasteiger charge is 2.26. The molecular formula is C10H10BrFO3. The number of alkyl halides is 1. The maximum absolute atomic E-state index is 12.9. The molecule has 1 aromatic carbocycles. The van der Waals surface area contributed by atoms with E-state index in [-0.39, 0.29) is 0 Å². The molecule has 5 heteroatoms. The van der Waals surface area contributed by atoms with Crippen molar-refractivity contribution in [3.8, 4) is 5.75 Å². The Kier molecular flexibility index (Phi) is 4.08.